The molecular formula is C10H17N3. The lowest BCUT2D eigenvalue weighted by atomic mass is 10.0. The highest BCUT2D eigenvalue weighted by molar-refractivity contribution is 5.83. The van der Waals surface area contributed by atoms with Gasteiger partial charge in [-0.05, 0) is 26.3 Å². The summed E-state index contributed by atoms with van der Waals surface area (Å²) in [5.74, 6) is 1.13. The molecule has 3 heteroatoms. The first-order valence-corrected chi connectivity index (χ1v) is 4.86. The van der Waals surface area contributed by atoms with Crippen molar-refractivity contribution in [3.63, 3.8) is 0 Å². The van der Waals surface area contributed by atoms with Crippen molar-refractivity contribution in [2.24, 2.45) is 10.7 Å². The average molecular weight is 179 g/mol. The Morgan fingerprint density at radius 2 is 2.15 bits per heavy atom. The lowest BCUT2D eigenvalue weighted by Gasteiger charge is -2.28. The van der Waals surface area contributed by atoms with Crippen LogP contribution in [-0.2, 0) is 0 Å². The average Bonchev–Trinajstić information content (AvgIpc) is 2.44. The predicted octanol–water partition coefficient (Wildman–Crippen LogP) is 1.11. The number of nitrogens with zero attached hydrogens (tertiary/aromatic N) is 2. The SMILES string of the molecule is CC1=N[C@@H](C)C(C)=C2C[C@H](N)CN12. The van der Waals surface area contributed by atoms with Crippen LogP contribution in [0.25, 0.3) is 0 Å². The summed E-state index contributed by atoms with van der Waals surface area (Å²) in [5, 5.41) is 0. The van der Waals surface area contributed by atoms with Gasteiger partial charge >= 0.3 is 0 Å². The second-order valence-corrected chi connectivity index (χ2v) is 4.06. The van der Waals surface area contributed by atoms with Gasteiger partial charge in [-0.15, -0.1) is 0 Å². The summed E-state index contributed by atoms with van der Waals surface area (Å²) >= 11 is 0. The summed E-state index contributed by atoms with van der Waals surface area (Å²) in [6.45, 7) is 7.32. The van der Waals surface area contributed by atoms with Crippen molar-refractivity contribution in [1.29, 1.82) is 0 Å². The van der Waals surface area contributed by atoms with Gasteiger partial charge in [0.15, 0.2) is 0 Å². The number of rotatable bonds is 0. The van der Waals surface area contributed by atoms with E-state index in [1.54, 1.807) is 0 Å². The van der Waals surface area contributed by atoms with Gasteiger partial charge in [0, 0.05) is 24.7 Å². The minimum Gasteiger partial charge on any atom is -0.332 e. The number of fused-ring (bicyclic) bond motifs is 1. The van der Waals surface area contributed by atoms with Crippen LogP contribution in [0.15, 0.2) is 16.3 Å². The molecule has 0 radical (unpaired) electrons. The Labute approximate surface area is 79.3 Å². The molecule has 1 saturated heterocycles. The standard InChI is InChI=1S/C10H17N3/c1-6-7(2)12-8(3)13-5-9(11)4-10(6)13/h7,9H,4-5,11H2,1-3H3/t7-,9-/m0/s1. The maximum atomic E-state index is 5.93. The second-order valence-electron chi connectivity index (χ2n) is 4.06. The van der Waals surface area contributed by atoms with E-state index in [0.29, 0.717) is 12.1 Å². The molecule has 1 fully saturated rings. The topological polar surface area (TPSA) is 41.6 Å². The van der Waals surface area contributed by atoms with E-state index in [1.807, 2.05) is 0 Å². The monoisotopic (exact) mass is 179 g/mol. The van der Waals surface area contributed by atoms with Gasteiger partial charge < -0.3 is 10.6 Å². The number of hydrogen-bond acceptors (Lipinski definition) is 3. The molecule has 0 aromatic rings. The maximum Gasteiger partial charge on any atom is 0.101 e. The van der Waals surface area contributed by atoms with Crippen molar-refractivity contribution in [2.45, 2.75) is 39.3 Å². The highest BCUT2D eigenvalue weighted by Crippen LogP contribution is 2.30. The largest absolute Gasteiger partial charge is 0.332 e. The van der Waals surface area contributed by atoms with Crippen LogP contribution in [0.3, 0.4) is 0 Å². The van der Waals surface area contributed by atoms with E-state index in [9.17, 15) is 0 Å². The molecule has 72 valence electrons. The highest BCUT2D eigenvalue weighted by Gasteiger charge is 2.31. The number of nitrogens with two attached hydrogens (primary N) is 1. The first-order chi connectivity index (χ1) is 6.09. The van der Waals surface area contributed by atoms with Crippen LogP contribution in [-0.4, -0.2) is 29.4 Å². The van der Waals surface area contributed by atoms with Gasteiger partial charge in [-0.3, -0.25) is 4.99 Å². The van der Waals surface area contributed by atoms with Crippen LogP contribution < -0.4 is 5.73 Å². The Morgan fingerprint density at radius 3 is 2.85 bits per heavy atom. The van der Waals surface area contributed by atoms with Gasteiger partial charge in [-0.25, -0.2) is 0 Å². The Hall–Kier alpha value is -0.830. The Morgan fingerprint density at radius 1 is 1.46 bits per heavy atom. The number of aliphatic imine (C=N–C) groups is 1. The molecule has 0 bridgehead atoms. The van der Waals surface area contributed by atoms with Gasteiger partial charge in [0.2, 0.25) is 0 Å². The van der Waals surface area contributed by atoms with Crippen LogP contribution >= 0.6 is 0 Å². The lowest BCUT2D eigenvalue weighted by molar-refractivity contribution is 0.530. The summed E-state index contributed by atoms with van der Waals surface area (Å²) in [6.07, 6.45) is 1.02. The van der Waals surface area contributed by atoms with E-state index >= 15 is 0 Å². The first-order valence-electron chi connectivity index (χ1n) is 4.86. The van der Waals surface area contributed by atoms with Crippen LogP contribution in [0.5, 0.6) is 0 Å². The molecule has 2 atom stereocenters. The van der Waals surface area contributed by atoms with Crippen molar-refractivity contribution in [3.05, 3.63) is 11.3 Å². The summed E-state index contributed by atoms with van der Waals surface area (Å²) in [6, 6.07) is 0.636. The molecular weight excluding hydrogens is 162 g/mol. The molecule has 3 nitrogen and oxygen atoms in total. The summed E-state index contributed by atoms with van der Waals surface area (Å²) in [4.78, 5) is 6.83. The van der Waals surface area contributed by atoms with Crippen LogP contribution in [0.1, 0.15) is 27.2 Å². The first kappa shape index (κ1) is 8.75. The molecule has 2 aliphatic heterocycles. The molecule has 0 aromatic heterocycles. The minimum atomic E-state index is 0.292. The summed E-state index contributed by atoms with van der Waals surface area (Å²) in [5.41, 5.74) is 8.73. The van der Waals surface area contributed by atoms with E-state index in [-0.39, 0.29) is 0 Å². The van der Waals surface area contributed by atoms with Gasteiger partial charge in [0.25, 0.3) is 0 Å². The van der Waals surface area contributed by atoms with Crippen molar-refractivity contribution in [1.82, 2.24) is 4.90 Å². The molecule has 13 heavy (non-hydrogen) atoms. The van der Waals surface area contributed by atoms with Gasteiger partial charge in [0.1, 0.15) is 5.84 Å². The van der Waals surface area contributed by atoms with Crippen molar-refractivity contribution in [3.8, 4) is 0 Å². The zero-order valence-corrected chi connectivity index (χ0v) is 8.54. The Balaban J connectivity index is 2.37. The van der Waals surface area contributed by atoms with Gasteiger partial charge in [0.05, 0.1) is 6.04 Å². The molecule has 2 rings (SSSR count). The highest BCUT2D eigenvalue weighted by atomic mass is 15.2. The smallest absolute Gasteiger partial charge is 0.101 e. The third-order valence-electron chi connectivity index (χ3n) is 3.05. The third kappa shape index (κ3) is 1.27. The van der Waals surface area contributed by atoms with Crippen molar-refractivity contribution < 1.29 is 0 Å². The molecule has 2 aliphatic rings. The van der Waals surface area contributed by atoms with Crippen LogP contribution in [0, 0.1) is 0 Å². The predicted molar refractivity (Wildman–Crippen MR) is 54.6 cm³/mol. The van der Waals surface area contributed by atoms with Crippen LogP contribution in [0.4, 0.5) is 0 Å². The van der Waals surface area contributed by atoms with Crippen LogP contribution in [0.2, 0.25) is 0 Å². The second kappa shape index (κ2) is 2.84. The molecule has 0 amide bonds. The molecule has 0 spiro atoms. The third-order valence-corrected chi connectivity index (χ3v) is 3.05. The zero-order valence-electron chi connectivity index (χ0n) is 8.54. The van der Waals surface area contributed by atoms with Gasteiger partial charge in [-0.2, -0.15) is 0 Å². The Kier molecular flexibility index (Phi) is 1.91. The quantitative estimate of drug-likeness (QED) is 0.605. The van der Waals surface area contributed by atoms with Crippen molar-refractivity contribution in [2.75, 3.05) is 6.54 Å². The Bertz CT molecular complexity index is 291. The number of hydrogen-bond donors (Lipinski definition) is 1. The minimum absolute atomic E-state index is 0.292. The summed E-state index contributed by atoms with van der Waals surface area (Å²) in [7, 11) is 0. The fourth-order valence-corrected chi connectivity index (χ4v) is 2.16. The molecule has 0 saturated carbocycles. The van der Waals surface area contributed by atoms with E-state index in [1.165, 1.54) is 11.3 Å². The summed E-state index contributed by atoms with van der Waals surface area (Å²) < 4.78 is 0. The number of amidine groups is 1. The molecule has 0 aromatic carbocycles. The fraction of sp³-hybridized carbons (Fsp3) is 0.700. The molecule has 2 N–H and O–H groups in total. The molecule has 0 aliphatic carbocycles. The van der Waals surface area contributed by atoms with E-state index < -0.39 is 0 Å². The molecule has 0 unspecified atom stereocenters. The van der Waals surface area contributed by atoms with Gasteiger partial charge in [-0.1, -0.05) is 0 Å². The molecule has 2 heterocycles. The maximum absolute atomic E-state index is 5.93. The van der Waals surface area contributed by atoms with E-state index in [4.69, 9.17) is 5.73 Å². The zero-order chi connectivity index (χ0) is 9.59. The van der Waals surface area contributed by atoms with Crippen molar-refractivity contribution >= 4 is 5.84 Å². The van der Waals surface area contributed by atoms with E-state index in [0.717, 1.165) is 18.8 Å². The fourth-order valence-electron chi connectivity index (χ4n) is 2.16. The van der Waals surface area contributed by atoms with E-state index in [2.05, 4.69) is 30.7 Å². The lowest BCUT2D eigenvalue weighted by Crippen LogP contribution is -2.33. The normalized spacial score (nSPS) is 33.5.